The molecular weight excluding hydrogens is 789 g/mol. The summed E-state index contributed by atoms with van der Waals surface area (Å²) in [4.78, 5) is 2.35. The summed E-state index contributed by atoms with van der Waals surface area (Å²) in [5.74, 6) is 0. The molecule has 306 valence electrons. The molecule has 2 heterocycles. The summed E-state index contributed by atoms with van der Waals surface area (Å²) in [6, 6.07) is 91.2. The molecule has 0 atom stereocenters. The number of rotatable bonds is 9. The van der Waals surface area contributed by atoms with Crippen LogP contribution in [-0.2, 0) is 0 Å². The van der Waals surface area contributed by atoms with E-state index in [1.54, 1.807) is 0 Å². The van der Waals surface area contributed by atoms with Gasteiger partial charge in [-0.15, -0.1) is 0 Å². The monoisotopic (exact) mass is 830 g/mol. The lowest BCUT2D eigenvalue weighted by Gasteiger charge is -2.26. The van der Waals surface area contributed by atoms with Crippen LogP contribution in [0.25, 0.3) is 94.3 Å². The minimum Gasteiger partial charge on any atom is -0.454 e. The Hall–Kier alpha value is -8.66. The maximum absolute atomic E-state index is 6.78. The first-order valence-electron chi connectivity index (χ1n) is 22.2. The van der Waals surface area contributed by atoms with Crippen molar-refractivity contribution in [3.05, 3.63) is 255 Å². The molecule has 0 N–H and O–H groups in total. The van der Waals surface area contributed by atoms with Gasteiger partial charge in [0, 0.05) is 33.5 Å². The Kier molecular flexibility index (Phi) is 9.50. The van der Waals surface area contributed by atoms with Crippen molar-refractivity contribution in [2.24, 2.45) is 0 Å². The third-order valence-electron chi connectivity index (χ3n) is 12.6. The molecule has 0 bridgehead atoms. The van der Waals surface area contributed by atoms with E-state index in [1.807, 2.05) is 0 Å². The zero-order valence-corrected chi connectivity index (χ0v) is 35.6. The molecule has 0 saturated carbocycles. The van der Waals surface area contributed by atoms with Gasteiger partial charge in [-0.1, -0.05) is 182 Å². The highest BCUT2D eigenvalue weighted by Crippen LogP contribution is 2.43. The van der Waals surface area contributed by atoms with Crippen LogP contribution in [0.1, 0.15) is 0 Å². The second-order valence-electron chi connectivity index (χ2n) is 16.5. The number of benzene rings is 10. The number of nitrogens with zero attached hydrogens (tertiary/aromatic N) is 2. The third-order valence-corrected chi connectivity index (χ3v) is 12.6. The summed E-state index contributed by atoms with van der Waals surface area (Å²) in [5, 5.41) is 2.17. The van der Waals surface area contributed by atoms with Gasteiger partial charge in [-0.3, -0.25) is 0 Å². The molecule has 0 radical (unpaired) electrons. The topological polar surface area (TPSA) is 21.3 Å². The first-order valence-corrected chi connectivity index (χ1v) is 22.2. The minimum atomic E-state index is 0.873. The van der Waals surface area contributed by atoms with Gasteiger partial charge in [0.15, 0.2) is 5.58 Å². The molecule has 0 aliphatic heterocycles. The Morgan fingerprint density at radius 2 is 0.692 bits per heavy atom. The van der Waals surface area contributed by atoms with Gasteiger partial charge in [0.05, 0.1) is 5.52 Å². The average Bonchev–Trinajstić information content (AvgIpc) is 3.92. The van der Waals surface area contributed by atoms with Crippen LogP contribution in [0.2, 0.25) is 0 Å². The predicted octanol–water partition coefficient (Wildman–Crippen LogP) is 17.3. The summed E-state index contributed by atoms with van der Waals surface area (Å²) >= 11 is 0. The fourth-order valence-corrected chi connectivity index (χ4v) is 9.35. The molecule has 0 aliphatic carbocycles. The Bertz CT molecular complexity index is 3460. The van der Waals surface area contributed by atoms with E-state index >= 15 is 0 Å². The average molecular weight is 831 g/mol. The molecule has 65 heavy (non-hydrogen) atoms. The van der Waals surface area contributed by atoms with Crippen LogP contribution in [0.15, 0.2) is 259 Å². The highest BCUT2D eigenvalue weighted by Gasteiger charge is 2.21. The fourth-order valence-electron chi connectivity index (χ4n) is 9.35. The van der Waals surface area contributed by atoms with Crippen molar-refractivity contribution in [3.63, 3.8) is 0 Å². The Balaban J connectivity index is 0.952. The fraction of sp³-hybridized carbons (Fsp3) is 0. The minimum absolute atomic E-state index is 0.873. The van der Waals surface area contributed by atoms with Crippen LogP contribution in [0.4, 0.5) is 17.1 Å². The molecule has 12 aromatic rings. The standard InChI is InChI=1S/C62H42N2O/c1-5-14-43(15-6-1)47-24-32-53(33-25-47)63(54-34-26-48(27-35-54)44-16-7-2-8-17-44)56-23-13-22-50(40-56)49-28-36-55(37-29-49)64-59-38-30-51(45-18-9-3-10-19-45)41-57(59)62-61(64)58-42-52(31-39-60(58)65-62)46-20-11-4-12-21-46/h1-42H. The van der Waals surface area contributed by atoms with E-state index in [0.717, 1.165) is 78.0 Å². The van der Waals surface area contributed by atoms with Gasteiger partial charge >= 0.3 is 0 Å². The maximum atomic E-state index is 6.78. The number of furan rings is 1. The summed E-state index contributed by atoms with van der Waals surface area (Å²) < 4.78 is 9.16. The van der Waals surface area contributed by atoms with Crippen molar-refractivity contribution in [1.29, 1.82) is 0 Å². The van der Waals surface area contributed by atoms with E-state index in [9.17, 15) is 0 Å². The molecule has 12 rings (SSSR count). The highest BCUT2D eigenvalue weighted by molar-refractivity contribution is 6.17. The van der Waals surface area contributed by atoms with E-state index in [2.05, 4.69) is 264 Å². The lowest BCUT2D eigenvalue weighted by Crippen LogP contribution is -2.10. The summed E-state index contributed by atoms with van der Waals surface area (Å²) in [7, 11) is 0. The highest BCUT2D eigenvalue weighted by atomic mass is 16.3. The van der Waals surface area contributed by atoms with Gasteiger partial charge < -0.3 is 13.9 Å². The first kappa shape index (κ1) is 38.0. The molecule has 0 amide bonds. The van der Waals surface area contributed by atoms with Gasteiger partial charge in [-0.25, -0.2) is 0 Å². The normalized spacial score (nSPS) is 11.4. The van der Waals surface area contributed by atoms with Crippen molar-refractivity contribution in [2.75, 3.05) is 4.90 Å². The van der Waals surface area contributed by atoms with Crippen LogP contribution in [0.5, 0.6) is 0 Å². The summed E-state index contributed by atoms with van der Waals surface area (Å²) in [6.07, 6.45) is 0. The molecule has 0 spiro atoms. The van der Waals surface area contributed by atoms with Gasteiger partial charge in [0.2, 0.25) is 0 Å². The predicted molar refractivity (Wildman–Crippen MR) is 272 cm³/mol. The molecule has 0 saturated heterocycles. The number of anilines is 3. The largest absolute Gasteiger partial charge is 0.454 e. The Morgan fingerprint density at radius 3 is 1.23 bits per heavy atom. The number of fused-ring (bicyclic) bond motifs is 5. The van der Waals surface area contributed by atoms with Crippen molar-refractivity contribution < 1.29 is 4.42 Å². The van der Waals surface area contributed by atoms with E-state index in [4.69, 9.17) is 4.42 Å². The quantitative estimate of drug-likeness (QED) is 0.144. The zero-order chi connectivity index (χ0) is 43.1. The Morgan fingerprint density at radius 1 is 0.292 bits per heavy atom. The van der Waals surface area contributed by atoms with Gasteiger partial charge in [0.25, 0.3) is 0 Å². The van der Waals surface area contributed by atoms with Gasteiger partial charge in [-0.05, 0) is 128 Å². The van der Waals surface area contributed by atoms with E-state index in [1.165, 1.54) is 33.4 Å². The van der Waals surface area contributed by atoms with Crippen LogP contribution < -0.4 is 4.90 Å². The molecule has 0 fully saturated rings. The molecular formula is C62H42N2O. The first-order chi connectivity index (χ1) is 32.2. The van der Waals surface area contributed by atoms with Crippen LogP contribution >= 0.6 is 0 Å². The summed E-state index contributed by atoms with van der Waals surface area (Å²) in [5.41, 5.74) is 20.0. The second-order valence-corrected chi connectivity index (χ2v) is 16.5. The van der Waals surface area contributed by atoms with Crippen LogP contribution in [0, 0.1) is 0 Å². The van der Waals surface area contributed by atoms with E-state index < -0.39 is 0 Å². The lowest BCUT2D eigenvalue weighted by molar-refractivity contribution is 0.673. The molecule has 2 aromatic heterocycles. The van der Waals surface area contributed by atoms with E-state index in [-0.39, 0.29) is 0 Å². The van der Waals surface area contributed by atoms with Crippen molar-refractivity contribution in [3.8, 4) is 61.3 Å². The smallest absolute Gasteiger partial charge is 0.161 e. The van der Waals surface area contributed by atoms with Crippen molar-refractivity contribution >= 4 is 50.0 Å². The van der Waals surface area contributed by atoms with Crippen LogP contribution in [0.3, 0.4) is 0 Å². The van der Waals surface area contributed by atoms with Gasteiger partial charge in [0.1, 0.15) is 11.1 Å². The Labute approximate surface area is 378 Å². The van der Waals surface area contributed by atoms with Gasteiger partial charge in [-0.2, -0.15) is 0 Å². The third kappa shape index (κ3) is 7.06. The zero-order valence-electron chi connectivity index (χ0n) is 35.6. The number of hydrogen-bond donors (Lipinski definition) is 0. The maximum Gasteiger partial charge on any atom is 0.161 e. The number of aromatic nitrogens is 1. The SMILES string of the molecule is c1ccc(-c2ccc(N(c3ccc(-c4ccccc4)cc3)c3cccc(-c4ccc(-n5c6ccc(-c7ccccc7)cc6c6oc7ccc(-c8ccccc8)cc7c65)cc4)c3)cc2)cc1. The molecule has 3 nitrogen and oxygen atoms in total. The summed E-state index contributed by atoms with van der Waals surface area (Å²) in [6.45, 7) is 0. The molecule has 0 unspecified atom stereocenters. The molecule has 0 aliphatic rings. The second kappa shape index (κ2) is 16.2. The van der Waals surface area contributed by atoms with Crippen molar-refractivity contribution in [2.45, 2.75) is 0 Å². The van der Waals surface area contributed by atoms with E-state index in [0.29, 0.717) is 0 Å². The number of hydrogen-bond acceptors (Lipinski definition) is 2. The lowest BCUT2D eigenvalue weighted by atomic mass is 10.0. The van der Waals surface area contributed by atoms with Crippen LogP contribution in [-0.4, -0.2) is 4.57 Å². The molecule has 10 aromatic carbocycles. The molecule has 3 heteroatoms. The van der Waals surface area contributed by atoms with Crippen molar-refractivity contribution in [1.82, 2.24) is 4.57 Å².